The monoisotopic (exact) mass is 286 g/mol. The van der Waals surface area contributed by atoms with Gasteiger partial charge in [0.2, 0.25) is 0 Å². The molecule has 4 nitrogen and oxygen atoms in total. The number of benzene rings is 2. The molecule has 0 fully saturated rings. The zero-order valence-corrected chi connectivity index (χ0v) is 11.4. The Balaban J connectivity index is 1.83. The minimum absolute atomic E-state index is 0.233. The predicted octanol–water partition coefficient (Wildman–Crippen LogP) is 1.92. The summed E-state index contributed by atoms with van der Waals surface area (Å²) in [5.41, 5.74) is 11.4. The molecule has 3 N–H and O–H groups in total. The van der Waals surface area contributed by atoms with Crippen LogP contribution in [0, 0.1) is 0 Å². The van der Waals surface area contributed by atoms with Crippen LogP contribution in [0.25, 0.3) is 0 Å². The number of hydrogen-bond acceptors (Lipinski definition) is 2. The largest absolute Gasteiger partial charge is 0.299 e. The maximum atomic E-state index is 12.2. The highest BCUT2D eigenvalue weighted by Gasteiger charge is 2.26. The van der Waals surface area contributed by atoms with Gasteiger partial charge in [-0.15, -0.1) is 0 Å². The van der Waals surface area contributed by atoms with E-state index in [2.05, 4.69) is 5.43 Å². The fourth-order valence-corrected chi connectivity index (χ4v) is 2.42. The molecule has 0 radical (unpaired) electrons. The maximum Gasteiger partial charge on any atom is 0.299 e. The highest BCUT2D eigenvalue weighted by atomic mass is 35.5. The molecular weight excluding hydrogens is 274 g/mol. The first kappa shape index (κ1) is 12.7. The van der Waals surface area contributed by atoms with Crippen LogP contribution < -0.4 is 11.2 Å². The number of amides is 1. The number of fused-ring (bicyclic) bond motifs is 1. The van der Waals surface area contributed by atoms with Gasteiger partial charge in [-0.2, -0.15) is 10.1 Å². The Bertz CT molecular complexity index is 725. The summed E-state index contributed by atoms with van der Waals surface area (Å²) in [6.45, 7) is 0.564. The summed E-state index contributed by atoms with van der Waals surface area (Å²) in [7, 11) is 0. The number of amidine groups is 1. The molecule has 0 saturated carbocycles. The summed E-state index contributed by atoms with van der Waals surface area (Å²) in [5, 5.41) is 0.527. The van der Waals surface area contributed by atoms with Crippen molar-refractivity contribution >= 4 is 23.3 Å². The molecule has 2 aromatic rings. The maximum absolute atomic E-state index is 12.2. The molecule has 20 heavy (non-hydrogen) atoms. The average molecular weight is 287 g/mol. The first-order chi connectivity index (χ1) is 9.65. The third-order valence-electron chi connectivity index (χ3n) is 3.24. The summed E-state index contributed by atoms with van der Waals surface area (Å²) in [6, 6.07) is 14.6. The van der Waals surface area contributed by atoms with Crippen LogP contribution in [0.5, 0.6) is 0 Å². The van der Waals surface area contributed by atoms with Gasteiger partial charge < -0.3 is 0 Å². The van der Waals surface area contributed by atoms with E-state index in [0.29, 0.717) is 23.0 Å². The molecule has 1 amide bonds. The number of carbonyl (C=O) groups is 1. The quantitative estimate of drug-likeness (QED) is 0.829. The molecule has 0 spiro atoms. The van der Waals surface area contributed by atoms with Crippen molar-refractivity contribution in [2.75, 3.05) is 0 Å². The molecule has 3 rings (SSSR count). The normalized spacial score (nSPS) is 13.2. The zero-order valence-electron chi connectivity index (χ0n) is 10.6. The summed E-state index contributed by atoms with van der Waals surface area (Å²) in [4.78, 5) is 12.2. The van der Waals surface area contributed by atoms with Crippen LogP contribution >= 0.6 is 11.6 Å². The molecule has 0 aromatic heterocycles. The van der Waals surface area contributed by atoms with Crippen LogP contribution in [0.4, 0.5) is 0 Å². The standard InChI is InChI=1S/C15H12ClN3O/c16-12-6-3-5-10(8-12)15(20)18-19-9-11-4-1-2-7-13(11)14(19)17/h1-8,17H,9H2,(H,18,20)/p+1. The lowest BCUT2D eigenvalue weighted by molar-refractivity contribution is -0.584. The Morgan fingerprint density at radius 3 is 2.75 bits per heavy atom. The molecule has 0 aliphatic carbocycles. The molecule has 100 valence electrons. The molecule has 1 aliphatic rings. The van der Waals surface area contributed by atoms with E-state index in [9.17, 15) is 4.79 Å². The number of nitrogens with zero attached hydrogens (tertiary/aromatic N) is 1. The van der Waals surface area contributed by atoms with Crippen molar-refractivity contribution in [2.45, 2.75) is 6.54 Å². The van der Waals surface area contributed by atoms with E-state index in [0.717, 1.165) is 11.1 Å². The summed E-state index contributed by atoms with van der Waals surface area (Å²) >= 11 is 5.88. The molecule has 0 saturated heterocycles. The molecule has 0 bridgehead atoms. The first-order valence-corrected chi connectivity index (χ1v) is 6.58. The summed E-state index contributed by atoms with van der Waals surface area (Å²) in [6.07, 6.45) is 0. The third-order valence-corrected chi connectivity index (χ3v) is 3.47. The first-order valence-electron chi connectivity index (χ1n) is 6.20. The van der Waals surface area contributed by atoms with Crippen molar-refractivity contribution in [1.29, 1.82) is 0 Å². The van der Waals surface area contributed by atoms with E-state index in [1.165, 1.54) is 0 Å². The number of carbonyl (C=O) groups excluding carboxylic acids is 1. The van der Waals surface area contributed by atoms with Gasteiger partial charge in [0.05, 0.1) is 5.56 Å². The third kappa shape index (κ3) is 2.26. The Morgan fingerprint density at radius 1 is 1.20 bits per heavy atom. The number of rotatable bonds is 2. The Morgan fingerprint density at radius 2 is 2.00 bits per heavy atom. The minimum Gasteiger partial charge on any atom is -0.285 e. The van der Waals surface area contributed by atoms with Crippen LogP contribution in [-0.2, 0) is 6.54 Å². The molecule has 2 aromatic carbocycles. The van der Waals surface area contributed by atoms with Crippen molar-refractivity contribution in [3.05, 3.63) is 70.2 Å². The van der Waals surface area contributed by atoms with Crippen LogP contribution in [0.15, 0.2) is 48.5 Å². The van der Waals surface area contributed by atoms with E-state index < -0.39 is 0 Å². The highest BCUT2D eigenvalue weighted by Crippen LogP contribution is 2.15. The molecular formula is C15H13ClN3O+. The number of nitrogens with two attached hydrogens (primary N) is 1. The van der Waals surface area contributed by atoms with Gasteiger partial charge in [0.25, 0.3) is 11.7 Å². The molecule has 1 heterocycles. The molecule has 0 atom stereocenters. The molecule has 5 heteroatoms. The second-order valence-electron chi connectivity index (χ2n) is 4.58. The fourth-order valence-electron chi connectivity index (χ4n) is 2.23. The SMILES string of the molecule is NC1=[N+](NC(=O)c2cccc(Cl)c2)Cc2ccccc21. The Labute approximate surface area is 121 Å². The van der Waals surface area contributed by atoms with Gasteiger partial charge >= 0.3 is 0 Å². The number of hydrogen-bond donors (Lipinski definition) is 2. The van der Waals surface area contributed by atoms with Gasteiger partial charge in [-0.1, -0.05) is 35.9 Å². The van der Waals surface area contributed by atoms with E-state index in [1.807, 2.05) is 24.3 Å². The fraction of sp³-hybridized carbons (Fsp3) is 0.0667. The van der Waals surface area contributed by atoms with Crippen molar-refractivity contribution in [3.63, 3.8) is 0 Å². The van der Waals surface area contributed by atoms with E-state index in [-0.39, 0.29) is 5.91 Å². The van der Waals surface area contributed by atoms with Crippen molar-refractivity contribution in [3.8, 4) is 0 Å². The number of hydrazine groups is 1. The van der Waals surface area contributed by atoms with Gasteiger partial charge in [0.15, 0.2) is 0 Å². The molecule has 1 aliphatic heterocycles. The minimum atomic E-state index is -0.233. The smallest absolute Gasteiger partial charge is 0.285 e. The van der Waals surface area contributed by atoms with Crippen LogP contribution in [0.3, 0.4) is 0 Å². The number of halogens is 1. The van der Waals surface area contributed by atoms with Gasteiger partial charge in [0.1, 0.15) is 6.54 Å². The zero-order chi connectivity index (χ0) is 14.1. The van der Waals surface area contributed by atoms with Gasteiger partial charge in [-0.3, -0.25) is 10.5 Å². The Kier molecular flexibility index (Phi) is 3.16. The van der Waals surface area contributed by atoms with E-state index >= 15 is 0 Å². The van der Waals surface area contributed by atoms with Crippen LogP contribution in [0.2, 0.25) is 5.02 Å². The van der Waals surface area contributed by atoms with Crippen molar-refractivity contribution in [2.24, 2.45) is 5.73 Å². The lowest BCUT2D eigenvalue weighted by Gasteiger charge is -2.05. The van der Waals surface area contributed by atoms with Gasteiger partial charge in [-0.25, -0.2) is 0 Å². The average Bonchev–Trinajstić information content (AvgIpc) is 2.76. The number of hydrazone groups is 1. The molecule has 0 unspecified atom stereocenters. The van der Waals surface area contributed by atoms with Crippen molar-refractivity contribution in [1.82, 2.24) is 5.43 Å². The van der Waals surface area contributed by atoms with Gasteiger partial charge in [0, 0.05) is 16.1 Å². The Hall–Kier alpha value is -2.33. The lowest BCUT2D eigenvalue weighted by Crippen LogP contribution is -2.38. The number of nitrogens with one attached hydrogen (secondary N) is 1. The van der Waals surface area contributed by atoms with Crippen molar-refractivity contribution < 1.29 is 9.48 Å². The van der Waals surface area contributed by atoms with Crippen LogP contribution in [-0.4, -0.2) is 16.4 Å². The van der Waals surface area contributed by atoms with E-state index in [4.69, 9.17) is 17.3 Å². The lowest BCUT2D eigenvalue weighted by atomic mass is 10.1. The second-order valence-corrected chi connectivity index (χ2v) is 5.02. The summed E-state index contributed by atoms with van der Waals surface area (Å²) < 4.78 is 1.65. The van der Waals surface area contributed by atoms with E-state index in [1.54, 1.807) is 28.9 Å². The predicted molar refractivity (Wildman–Crippen MR) is 77.6 cm³/mol. The van der Waals surface area contributed by atoms with Crippen LogP contribution in [0.1, 0.15) is 21.5 Å². The summed E-state index contributed by atoms with van der Waals surface area (Å²) in [5.74, 6) is 0.319. The topological polar surface area (TPSA) is 58.1 Å². The highest BCUT2D eigenvalue weighted by molar-refractivity contribution is 6.30. The van der Waals surface area contributed by atoms with Gasteiger partial charge in [-0.05, 0) is 24.3 Å². The second kappa shape index (κ2) is 4.98.